The molecule has 0 radical (unpaired) electrons. The van der Waals surface area contributed by atoms with Crippen LogP contribution < -0.4 is 20.4 Å². The van der Waals surface area contributed by atoms with Gasteiger partial charge in [-0.25, -0.2) is 0 Å². The van der Waals surface area contributed by atoms with Gasteiger partial charge in [0, 0.05) is 64.1 Å². The van der Waals surface area contributed by atoms with Crippen molar-refractivity contribution in [1.82, 2.24) is 0 Å². The number of alkyl halides is 4. The first-order chi connectivity index (χ1) is 26.2. The van der Waals surface area contributed by atoms with Crippen LogP contribution in [0.5, 0.6) is 0 Å². The maximum absolute atomic E-state index is 10.0. The SMILES string of the molecule is ClCCl.ClCCl.OCC1CCCO1.OCC1CCCO1.[Cl][V][Cl].[Cl][V][Cl].[Mg+2].[Mg+2].[O-]CC1CCCO1.[O-]CC1CCCO1.[O-]CC1CCCO1.[O-]CC1CCCO1. The molecule has 0 aliphatic carbocycles. The molecule has 6 atom stereocenters. The number of ether oxygens (including phenoxy) is 6. The predicted octanol–water partition coefficient (Wildman–Crippen LogP) is 3.25. The van der Waals surface area contributed by atoms with Gasteiger partial charge in [-0.15, -0.1) is 72.8 Å². The zero-order valence-corrected chi connectivity index (χ0v) is 43.8. The first-order valence-electron chi connectivity index (χ1n) is 17.6. The van der Waals surface area contributed by atoms with Crippen LogP contribution in [0, 0.1) is 0 Å². The second kappa shape index (κ2) is 63.8. The second-order valence-corrected chi connectivity index (χ2v) is 17.4. The van der Waals surface area contributed by atoms with Crippen LogP contribution in [0.25, 0.3) is 0 Å². The number of aliphatic hydroxyl groups excluding tert-OH is 2. The molecule has 0 saturated carbocycles. The maximum atomic E-state index is 10.0. The first-order valence-corrected chi connectivity index (χ1v) is 27.4. The van der Waals surface area contributed by atoms with Gasteiger partial charge in [-0.3, -0.25) is 0 Å². The number of aliphatic hydroxyl groups is 2. The van der Waals surface area contributed by atoms with Crippen molar-refractivity contribution in [3.63, 3.8) is 0 Å². The van der Waals surface area contributed by atoms with E-state index in [2.05, 4.69) is 0 Å². The molecule has 6 saturated heterocycles. The summed E-state index contributed by atoms with van der Waals surface area (Å²) in [5.41, 5.74) is 0. The van der Waals surface area contributed by atoms with Gasteiger partial charge in [-0.05, 0) is 77.0 Å². The van der Waals surface area contributed by atoms with Gasteiger partial charge in [0.15, 0.2) is 0 Å². The zero-order chi connectivity index (χ0) is 41.5. The number of rotatable bonds is 6. The molecule has 0 amide bonds. The van der Waals surface area contributed by atoms with E-state index >= 15 is 0 Å². The molecule has 6 aliphatic heterocycles. The summed E-state index contributed by atoms with van der Waals surface area (Å²) >= 11 is 18.3. The summed E-state index contributed by atoms with van der Waals surface area (Å²) in [6, 6.07) is 0. The molecular formula is C32H60Cl8Mg2O12V2. The van der Waals surface area contributed by atoms with Gasteiger partial charge in [0.25, 0.3) is 0 Å². The molecular weight excluding hydrogens is 1010 g/mol. The summed E-state index contributed by atoms with van der Waals surface area (Å²) in [4.78, 5) is 0. The Kier molecular flexibility index (Phi) is 82.2. The molecule has 6 aliphatic rings. The summed E-state index contributed by atoms with van der Waals surface area (Å²) in [5.74, 6) is 0. The molecule has 6 heterocycles. The van der Waals surface area contributed by atoms with E-state index in [0.29, 0.717) is 0 Å². The van der Waals surface area contributed by atoms with Crippen molar-refractivity contribution in [2.45, 2.75) is 114 Å². The molecule has 0 spiro atoms. The van der Waals surface area contributed by atoms with Crippen LogP contribution in [-0.2, 0) is 57.2 Å². The summed E-state index contributed by atoms with van der Waals surface area (Å²) in [6.07, 6.45) is 13.0. The van der Waals surface area contributed by atoms with Crippen LogP contribution in [0.2, 0.25) is 0 Å². The minimum absolute atomic E-state index is 0. The fraction of sp³-hybridized carbons (Fsp3) is 1.00. The Bertz CT molecular complexity index is 519. The fourth-order valence-corrected chi connectivity index (χ4v) is 4.68. The van der Waals surface area contributed by atoms with E-state index < -0.39 is 0 Å². The molecule has 2 N–H and O–H groups in total. The third-order valence-electron chi connectivity index (χ3n) is 7.29. The van der Waals surface area contributed by atoms with Gasteiger partial charge in [0.05, 0.1) is 36.1 Å². The third kappa shape index (κ3) is 56.6. The van der Waals surface area contributed by atoms with Crippen LogP contribution in [0.4, 0.5) is 0 Å². The summed E-state index contributed by atoms with van der Waals surface area (Å²) in [7, 11) is 19.4. The molecule has 0 aromatic carbocycles. The van der Waals surface area contributed by atoms with E-state index in [0.717, 1.165) is 117 Å². The maximum Gasteiger partial charge on any atom is 2.00 e. The van der Waals surface area contributed by atoms with Crippen molar-refractivity contribution in [3.05, 3.63) is 0 Å². The van der Waals surface area contributed by atoms with Crippen LogP contribution in [-0.4, -0.2) is 183 Å². The van der Waals surface area contributed by atoms with E-state index in [1.165, 1.54) is 0 Å². The molecule has 12 nitrogen and oxygen atoms in total. The van der Waals surface area contributed by atoms with Crippen molar-refractivity contribution < 1.29 is 87.8 Å². The smallest absolute Gasteiger partial charge is 0.853 e. The van der Waals surface area contributed by atoms with Gasteiger partial charge < -0.3 is 59.1 Å². The Morgan fingerprint density at radius 2 is 0.536 bits per heavy atom. The number of hydrogen-bond donors (Lipinski definition) is 2. The minimum Gasteiger partial charge on any atom is -0.853 e. The Morgan fingerprint density at radius 3 is 0.589 bits per heavy atom. The van der Waals surface area contributed by atoms with Crippen LogP contribution >= 0.6 is 85.8 Å². The molecule has 6 rings (SSSR count). The molecule has 0 aromatic heterocycles. The molecule has 0 bridgehead atoms. The minimum atomic E-state index is -0.368. The molecule has 24 heteroatoms. The molecule has 0 aromatic rings. The molecule has 330 valence electrons. The van der Waals surface area contributed by atoms with Gasteiger partial charge in [0.1, 0.15) is 0 Å². The normalized spacial score (nSPS) is 24.6. The largest absolute Gasteiger partial charge is 2.00 e. The van der Waals surface area contributed by atoms with Crippen molar-refractivity contribution in [2.75, 3.05) is 90.0 Å². The number of hydrogen-bond acceptors (Lipinski definition) is 12. The van der Waals surface area contributed by atoms with Crippen LogP contribution in [0.15, 0.2) is 0 Å². The van der Waals surface area contributed by atoms with E-state index in [-0.39, 0.29) is 162 Å². The Balaban J connectivity index is -0.000000126. The van der Waals surface area contributed by atoms with Crippen molar-refractivity contribution >= 4 is 132 Å². The molecule has 6 fully saturated rings. The van der Waals surface area contributed by atoms with E-state index in [9.17, 15) is 20.4 Å². The van der Waals surface area contributed by atoms with Gasteiger partial charge in [0.2, 0.25) is 0 Å². The Morgan fingerprint density at radius 1 is 0.393 bits per heavy atom. The summed E-state index contributed by atoms with van der Waals surface area (Å²) in [5, 5.41) is 57.3. The first kappa shape index (κ1) is 72.2. The van der Waals surface area contributed by atoms with Crippen LogP contribution in [0.3, 0.4) is 0 Å². The number of halogens is 8. The monoisotopic (exact) mass is 1070 g/mol. The third-order valence-corrected chi connectivity index (χ3v) is 7.29. The standard InChI is InChI=1S/2C5H10O2.4C5H9O2.2CH2Cl2.4ClH.2Mg.2V/c6*6-4-5-2-1-3-7-5;2*2-1-3;;;;;;;;/h2*5-6H,1-4H2;4*5H,1-4H2;2*1H2;4*1H;;;;/q;;4*-1;;;;;;;4*+2/p-4. The topological polar surface area (TPSA) is 188 Å². The van der Waals surface area contributed by atoms with Crippen molar-refractivity contribution in [1.29, 1.82) is 0 Å². The Hall–Kier alpha value is 4.54. The van der Waals surface area contributed by atoms with E-state index in [1.54, 1.807) is 0 Å². The quantitative estimate of drug-likeness (QED) is 0.293. The molecule has 56 heavy (non-hydrogen) atoms. The average Bonchev–Trinajstić information content (AvgIpc) is 4.06. The van der Waals surface area contributed by atoms with Gasteiger partial charge >= 0.3 is 114 Å². The summed E-state index contributed by atoms with van der Waals surface area (Å²) < 4.78 is 30.1. The zero-order valence-electron chi connectivity index (χ0n) is 32.2. The van der Waals surface area contributed by atoms with Crippen molar-refractivity contribution in [2.24, 2.45) is 0 Å². The van der Waals surface area contributed by atoms with E-state index in [1.807, 2.05) is 0 Å². The predicted molar refractivity (Wildman–Crippen MR) is 216 cm³/mol. The van der Waals surface area contributed by atoms with Crippen molar-refractivity contribution in [3.8, 4) is 0 Å². The van der Waals surface area contributed by atoms with E-state index in [4.69, 9.17) is 124 Å². The second-order valence-electron chi connectivity index (χ2n) is 11.2. The Labute approximate surface area is 418 Å². The van der Waals surface area contributed by atoms with Crippen LogP contribution in [0.1, 0.15) is 77.0 Å². The molecule has 6 unspecified atom stereocenters. The fourth-order valence-electron chi connectivity index (χ4n) is 4.68. The summed E-state index contributed by atoms with van der Waals surface area (Å²) in [6.45, 7) is 5.04. The van der Waals surface area contributed by atoms with Gasteiger partial charge in [-0.2, -0.15) is 0 Å². The average molecular weight is 1070 g/mol. The van der Waals surface area contributed by atoms with Gasteiger partial charge in [-0.1, -0.05) is 0 Å².